The van der Waals surface area contributed by atoms with E-state index in [1.165, 1.54) is 32.4 Å². The molecule has 0 spiro atoms. The maximum atomic E-state index is 3.51. The number of rotatable bonds is 2. The van der Waals surface area contributed by atoms with Crippen LogP contribution in [0, 0.1) is 5.92 Å². The van der Waals surface area contributed by atoms with Gasteiger partial charge in [-0.25, -0.2) is 0 Å². The summed E-state index contributed by atoms with van der Waals surface area (Å²) in [5.74, 6) is 1.83. The molecule has 1 nitrogen and oxygen atoms in total. The van der Waals surface area contributed by atoms with Gasteiger partial charge in [0.05, 0.1) is 0 Å². The first kappa shape index (κ1) is 8.35. The molecule has 2 atom stereocenters. The fourth-order valence-corrected chi connectivity index (χ4v) is 3.29. The number of hydrogen-bond donors (Lipinski definition) is 1. The number of fused-ring (bicyclic) bond motifs is 1. The topological polar surface area (TPSA) is 12.0 Å². The van der Waals surface area contributed by atoms with E-state index < -0.39 is 0 Å². The van der Waals surface area contributed by atoms with Gasteiger partial charge in [-0.3, -0.25) is 0 Å². The first-order valence-corrected chi connectivity index (χ1v) is 6.20. The lowest BCUT2D eigenvalue weighted by Crippen LogP contribution is -2.19. The number of benzene rings is 1. The van der Waals surface area contributed by atoms with E-state index in [0.717, 1.165) is 11.8 Å². The highest BCUT2D eigenvalue weighted by molar-refractivity contribution is 5.39. The molecule has 2 unspecified atom stereocenters. The highest BCUT2D eigenvalue weighted by Crippen LogP contribution is 2.56. The fourth-order valence-electron chi connectivity index (χ4n) is 3.29. The van der Waals surface area contributed by atoms with Crippen molar-refractivity contribution in [1.82, 2.24) is 5.32 Å². The second kappa shape index (κ2) is 2.65. The molecule has 0 bridgehead atoms. The van der Waals surface area contributed by atoms with Crippen LogP contribution in [-0.4, -0.2) is 13.1 Å². The molecule has 15 heavy (non-hydrogen) atoms. The zero-order valence-corrected chi connectivity index (χ0v) is 9.00. The van der Waals surface area contributed by atoms with Gasteiger partial charge in [-0.05, 0) is 48.8 Å². The van der Waals surface area contributed by atoms with Gasteiger partial charge >= 0.3 is 0 Å². The Morgan fingerprint density at radius 1 is 1.13 bits per heavy atom. The molecule has 1 saturated heterocycles. The average molecular weight is 199 g/mol. The van der Waals surface area contributed by atoms with Crippen LogP contribution in [-0.2, 0) is 5.41 Å². The molecule has 1 aliphatic heterocycles. The summed E-state index contributed by atoms with van der Waals surface area (Å²) in [6.45, 7) is 2.45. The molecular formula is C14H17N. The van der Waals surface area contributed by atoms with Crippen LogP contribution < -0.4 is 5.32 Å². The minimum atomic E-state index is 0.544. The van der Waals surface area contributed by atoms with Crippen LogP contribution in [0.2, 0.25) is 0 Å². The maximum absolute atomic E-state index is 3.51. The second-order valence-electron chi connectivity index (χ2n) is 5.58. The van der Waals surface area contributed by atoms with Crippen molar-refractivity contribution in [3.63, 3.8) is 0 Å². The molecule has 3 fully saturated rings. The van der Waals surface area contributed by atoms with E-state index in [2.05, 4.69) is 29.6 Å². The van der Waals surface area contributed by atoms with Gasteiger partial charge in [-0.1, -0.05) is 24.3 Å². The zero-order chi connectivity index (χ0) is 9.88. The molecule has 2 aliphatic carbocycles. The first-order chi connectivity index (χ1) is 7.38. The monoisotopic (exact) mass is 199 g/mol. The Labute approximate surface area is 90.9 Å². The molecular weight excluding hydrogens is 182 g/mol. The Balaban J connectivity index is 1.66. The maximum Gasteiger partial charge on any atom is 0.0122 e. The summed E-state index contributed by atoms with van der Waals surface area (Å²) in [6, 6.07) is 9.52. The van der Waals surface area contributed by atoms with Crippen molar-refractivity contribution in [2.24, 2.45) is 5.92 Å². The van der Waals surface area contributed by atoms with E-state index in [4.69, 9.17) is 0 Å². The van der Waals surface area contributed by atoms with Crippen molar-refractivity contribution in [2.45, 2.75) is 30.6 Å². The summed E-state index contributed by atoms with van der Waals surface area (Å²) < 4.78 is 0. The number of nitrogens with one attached hydrogen (secondary N) is 1. The van der Waals surface area contributed by atoms with E-state index in [-0.39, 0.29) is 0 Å². The van der Waals surface area contributed by atoms with Gasteiger partial charge in [-0.2, -0.15) is 0 Å². The summed E-state index contributed by atoms with van der Waals surface area (Å²) in [7, 11) is 0. The van der Waals surface area contributed by atoms with Crippen molar-refractivity contribution in [1.29, 1.82) is 0 Å². The molecule has 0 radical (unpaired) electrons. The SMILES string of the molecule is c1cc(C23CNCC2C3)ccc1C1CC1. The van der Waals surface area contributed by atoms with E-state index in [1.54, 1.807) is 11.1 Å². The number of hydrogen-bond acceptors (Lipinski definition) is 1. The lowest BCUT2D eigenvalue weighted by Gasteiger charge is -2.12. The van der Waals surface area contributed by atoms with Gasteiger partial charge in [0.15, 0.2) is 0 Å². The third-order valence-electron chi connectivity index (χ3n) is 4.60. The smallest absolute Gasteiger partial charge is 0.0122 e. The highest BCUT2D eigenvalue weighted by Gasteiger charge is 2.57. The molecule has 1 N–H and O–H groups in total. The molecule has 1 aromatic rings. The van der Waals surface area contributed by atoms with Crippen LogP contribution >= 0.6 is 0 Å². The molecule has 0 amide bonds. The Morgan fingerprint density at radius 3 is 2.47 bits per heavy atom. The third kappa shape index (κ3) is 1.13. The lowest BCUT2D eigenvalue weighted by atomic mass is 9.93. The molecule has 0 aromatic heterocycles. The summed E-state index contributed by atoms with van der Waals surface area (Å²) in [6.07, 6.45) is 4.24. The summed E-state index contributed by atoms with van der Waals surface area (Å²) in [5.41, 5.74) is 3.70. The van der Waals surface area contributed by atoms with E-state index in [9.17, 15) is 0 Å². The predicted octanol–water partition coefficient (Wildman–Crippen LogP) is 2.42. The molecule has 1 aromatic carbocycles. The molecule has 4 rings (SSSR count). The Morgan fingerprint density at radius 2 is 1.93 bits per heavy atom. The van der Waals surface area contributed by atoms with E-state index in [0.29, 0.717) is 5.41 Å². The molecule has 3 aliphatic rings. The molecule has 78 valence electrons. The van der Waals surface area contributed by atoms with Crippen molar-refractivity contribution >= 4 is 0 Å². The molecule has 1 heterocycles. The normalized spacial score (nSPS) is 37.7. The lowest BCUT2D eigenvalue weighted by molar-refractivity contribution is 0.675. The second-order valence-corrected chi connectivity index (χ2v) is 5.58. The van der Waals surface area contributed by atoms with Gasteiger partial charge in [0.2, 0.25) is 0 Å². The fraction of sp³-hybridized carbons (Fsp3) is 0.571. The van der Waals surface area contributed by atoms with Gasteiger partial charge < -0.3 is 5.32 Å². The van der Waals surface area contributed by atoms with Crippen LogP contribution in [0.4, 0.5) is 0 Å². The first-order valence-electron chi connectivity index (χ1n) is 6.20. The van der Waals surface area contributed by atoms with Crippen LogP contribution in [0.3, 0.4) is 0 Å². The quantitative estimate of drug-likeness (QED) is 0.771. The van der Waals surface area contributed by atoms with Gasteiger partial charge in [0.25, 0.3) is 0 Å². The van der Waals surface area contributed by atoms with Crippen LogP contribution in [0.1, 0.15) is 36.3 Å². The van der Waals surface area contributed by atoms with Crippen LogP contribution in [0.5, 0.6) is 0 Å². The minimum absolute atomic E-state index is 0.544. The molecule has 2 saturated carbocycles. The zero-order valence-electron chi connectivity index (χ0n) is 9.00. The third-order valence-corrected chi connectivity index (χ3v) is 4.60. The summed E-state index contributed by atoms with van der Waals surface area (Å²) in [5, 5.41) is 3.51. The minimum Gasteiger partial charge on any atom is -0.316 e. The van der Waals surface area contributed by atoms with Gasteiger partial charge in [0.1, 0.15) is 0 Å². The Kier molecular flexibility index (Phi) is 1.47. The summed E-state index contributed by atoms with van der Waals surface area (Å²) >= 11 is 0. The standard InChI is InChI=1S/C14H17N/c1-2-10(1)11-3-5-12(6-4-11)14-7-13(14)8-15-9-14/h3-6,10,13,15H,1-2,7-9H2. The largest absolute Gasteiger partial charge is 0.316 e. The Bertz CT molecular complexity index is 390. The van der Waals surface area contributed by atoms with Crippen molar-refractivity contribution in [2.75, 3.05) is 13.1 Å². The van der Waals surface area contributed by atoms with Crippen molar-refractivity contribution in [3.05, 3.63) is 35.4 Å². The highest BCUT2D eigenvalue weighted by atomic mass is 15.0. The summed E-state index contributed by atoms with van der Waals surface area (Å²) in [4.78, 5) is 0. The number of piperidine rings is 1. The molecule has 1 heteroatoms. The van der Waals surface area contributed by atoms with E-state index >= 15 is 0 Å². The van der Waals surface area contributed by atoms with Crippen LogP contribution in [0.15, 0.2) is 24.3 Å². The van der Waals surface area contributed by atoms with Crippen molar-refractivity contribution in [3.8, 4) is 0 Å². The predicted molar refractivity (Wildman–Crippen MR) is 61.1 cm³/mol. The van der Waals surface area contributed by atoms with Crippen LogP contribution in [0.25, 0.3) is 0 Å². The van der Waals surface area contributed by atoms with E-state index in [1.807, 2.05) is 0 Å². The average Bonchev–Trinajstić information content (AvgIpc) is 3.19. The van der Waals surface area contributed by atoms with Gasteiger partial charge in [-0.15, -0.1) is 0 Å². The van der Waals surface area contributed by atoms with Gasteiger partial charge in [0, 0.05) is 12.0 Å². The van der Waals surface area contributed by atoms with Crippen molar-refractivity contribution < 1.29 is 0 Å². The Hall–Kier alpha value is -0.820.